The number of nitro groups is 1. The van der Waals surface area contributed by atoms with Gasteiger partial charge in [0.25, 0.3) is 17.5 Å². The Morgan fingerprint density at radius 2 is 1.80 bits per heavy atom. The molecular weight excluding hydrogens is 352 g/mol. The number of hydrogen-bond donors (Lipinski definition) is 1. The monoisotopic (exact) mass is 362 g/mol. The van der Waals surface area contributed by atoms with Gasteiger partial charge in [-0.3, -0.25) is 25.0 Å². The van der Waals surface area contributed by atoms with Crippen LogP contribution in [0.5, 0.6) is 0 Å². The fourth-order valence-corrected chi connectivity index (χ4v) is 2.01. The SMILES string of the molecule is O=C(COC(=O)c1cc([N+](=O)[O-])ccc1Cl)NC(=O)c1ccccc1. The standard InChI is InChI=1S/C16H11ClN2O6/c17-13-7-6-11(19(23)24)8-12(13)16(22)25-9-14(20)18-15(21)10-4-2-1-3-5-10/h1-8H,9H2,(H,18,20,21). The first-order valence-electron chi connectivity index (χ1n) is 6.89. The van der Waals surface area contributed by atoms with Crippen molar-refractivity contribution >= 4 is 35.1 Å². The molecule has 0 heterocycles. The molecule has 25 heavy (non-hydrogen) atoms. The Morgan fingerprint density at radius 1 is 1.12 bits per heavy atom. The van der Waals surface area contributed by atoms with Crippen LogP contribution in [0.15, 0.2) is 48.5 Å². The first-order valence-corrected chi connectivity index (χ1v) is 7.26. The van der Waals surface area contributed by atoms with Crippen molar-refractivity contribution in [1.82, 2.24) is 5.32 Å². The normalized spacial score (nSPS) is 9.96. The van der Waals surface area contributed by atoms with Crippen molar-refractivity contribution in [2.45, 2.75) is 0 Å². The summed E-state index contributed by atoms with van der Waals surface area (Å²) in [5, 5.41) is 12.7. The van der Waals surface area contributed by atoms with Gasteiger partial charge in [-0.2, -0.15) is 0 Å². The van der Waals surface area contributed by atoms with Crippen LogP contribution in [0.4, 0.5) is 5.69 Å². The fraction of sp³-hybridized carbons (Fsp3) is 0.0625. The molecule has 0 atom stereocenters. The second-order valence-corrected chi connectivity index (χ2v) is 5.15. The smallest absolute Gasteiger partial charge is 0.340 e. The van der Waals surface area contributed by atoms with Crippen molar-refractivity contribution in [1.29, 1.82) is 0 Å². The maximum atomic E-state index is 11.9. The minimum absolute atomic E-state index is 0.0589. The van der Waals surface area contributed by atoms with Crippen LogP contribution >= 0.6 is 11.6 Å². The summed E-state index contributed by atoms with van der Waals surface area (Å²) in [4.78, 5) is 45.4. The predicted octanol–water partition coefficient (Wildman–Crippen LogP) is 2.36. The van der Waals surface area contributed by atoms with Gasteiger partial charge in [0.1, 0.15) is 0 Å². The van der Waals surface area contributed by atoms with Crippen LogP contribution in [0.1, 0.15) is 20.7 Å². The predicted molar refractivity (Wildman–Crippen MR) is 87.3 cm³/mol. The van der Waals surface area contributed by atoms with Crippen LogP contribution < -0.4 is 5.32 Å². The first kappa shape index (κ1) is 18.1. The quantitative estimate of drug-likeness (QED) is 0.496. The van der Waals surface area contributed by atoms with E-state index in [0.717, 1.165) is 12.1 Å². The first-order chi connectivity index (χ1) is 11.9. The van der Waals surface area contributed by atoms with E-state index < -0.39 is 29.3 Å². The molecule has 0 saturated carbocycles. The Hall–Kier alpha value is -3.26. The van der Waals surface area contributed by atoms with Crippen molar-refractivity contribution in [3.63, 3.8) is 0 Å². The van der Waals surface area contributed by atoms with Gasteiger partial charge in [0.05, 0.1) is 15.5 Å². The van der Waals surface area contributed by atoms with Crippen molar-refractivity contribution in [2.75, 3.05) is 6.61 Å². The minimum atomic E-state index is -1.02. The zero-order valence-electron chi connectivity index (χ0n) is 12.6. The van der Waals surface area contributed by atoms with E-state index in [1.807, 2.05) is 0 Å². The average molecular weight is 363 g/mol. The molecule has 9 heteroatoms. The lowest BCUT2D eigenvalue weighted by atomic mass is 10.2. The molecule has 8 nitrogen and oxygen atoms in total. The van der Waals surface area contributed by atoms with E-state index in [9.17, 15) is 24.5 Å². The summed E-state index contributed by atoms with van der Waals surface area (Å²) in [5.74, 6) is -2.50. The number of halogens is 1. The van der Waals surface area contributed by atoms with E-state index in [0.29, 0.717) is 0 Å². The molecule has 0 aliphatic heterocycles. The molecule has 2 amide bonds. The minimum Gasteiger partial charge on any atom is -0.452 e. The number of hydrogen-bond acceptors (Lipinski definition) is 6. The Balaban J connectivity index is 1.96. The summed E-state index contributed by atoms with van der Waals surface area (Å²) in [7, 11) is 0. The molecule has 128 valence electrons. The van der Waals surface area contributed by atoms with Crippen LogP contribution in [0.25, 0.3) is 0 Å². The molecule has 2 rings (SSSR count). The van der Waals surface area contributed by atoms with Crippen LogP contribution in [0.3, 0.4) is 0 Å². The lowest BCUT2D eigenvalue weighted by Crippen LogP contribution is -2.34. The van der Waals surface area contributed by atoms with Crippen LogP contribution in [-0.4, -0.2) is 29.3 Å². The highest BCUT2D eigenvalue weighted by atomic mass is 35.5. The number of benzene rings is 2. The summed E-state index contributed by atoms with van der Waals surface area (Å²) >= 11 is 5.80. The van der Waals surface area contributed by atoms with E-state index in [2.05, 4.69) is 5.32 Å². The van der Waals surface area contributed by atoms with E-state index >= 15 is 0 Å². The number of rotatable bonds is 5. The number of carbonyl (C=O) groups is 3. The Kier molecular flexibility index (Phi) is 5.80. The highest BCUT2D eigenvalue weighted by Gasteiger charge is 2.19. The van der Waals surface area contributed by atoms with Crippen molar-refractivity contribution in [2.24, 2.45) is 0 Å². The number of amides is 2. The lowest BCUT2D eigenvalue weighted by Gasteiger charge is -2.07. The van der Waals surface area contributed by atoms with Gasteiger partial charge in [0.15, 0.2) is 6.61 Å². The van der Waals surface area contributed by atoms with Gasteiger partial charge < -0.3 is 4.74 Å². The summed E-state index contributed by atoms with van der Waals surface area (Å²) in [5.41, 5.74) is -0.331. The number of nitro benzene ring substituents is 1. The average Bonchev–Trinajstić information content (AvgIpc) is 2.60. The fourth-order valence-electron chi connectivity index (χ4n) is 1.82. The lowest BCUT2D eigenvalue weighted by molar-refractivity contribution is -0.384. The van der Waals surface area contributed by atoms with Gasteiger partial charge in [-0.05, 0) is 18.2 Å². The Labute approximate surface area is 146 Å². The van der Waals surface area contributed by atoms with E-state index in [1.165, 1.54) is 18.2 Å². The van der Waals surface area contributed by atoms with E-state index in [-0.39, 0.29) is 21.8 Å². The van der Waals surface area contributed by atoms with Crippen LogP contribution in [-0.2, 0) is 9.53 Å². The maximum Gasteiger partial charge on any atom is 0.340 e. The third-order valence-corrected chi connectivity index (χ3v) is 3.33. The van der Waals surface area contributed by atoms with Crippen molar-refractivity contribution in [3.05, 3.63) is 74.8 Å². The van der Waals surface area contributed by atoms with Crippen molar-refractivity contribution < 1.29 is 24.0 Å². The molecule has 0 spiro atoms. The number of imide groups is 1. The third-order valence-electron chi connectivity index (χ3n) is 3.00. The second-order valence-electron chi connectivity index (χ2n) is 4.74. The molecule has 1 N–H and O–H groups in total. The van der Waals surface area contributed by atoms with Gasteiger partial charge in [-0.15, -0.1) is 0 Å². The highest BCUT2D eigenvalue weighted by Crippen LogP contribution is 2.22. The number of carbonyl (C=O) groups excluding carboxylic acids is 3. The zero-order valence-corrected chi connectivity index (χ0v) is 13.4. The van der Waals surface area contributed by atoms with Crippen LogP contribution in [0, 0.1) is 10.1 Å². The molecule has 0 aliphatic rings. The second kappa shape index (κ2) is 8.02. The number of non-ortho nitro benzene ring substituents is 1. The molecule has 0 saturated heterocycles. The molecule has 0 fully saturated rings. The van der Waals surface area contributed by atoms with Gasteiger partial charge in [0, 0.05) is 17.7 Å². The van der Waals surface area contributed by atoms with E-state index in [1.54, 1.807) is 18.2 Å². The highest BCUT2D eigenvalue weighted by molar-refractivity contribution is 6.33. The maximum absolute atomic E-state index is 11.9. The van der Waals surface area contributed by atoms with Crippen LogP contribution in [0.2, 0.25) is 5.02 Å². The van der Waals surface area contributed by atoms with Gasteiger partial charge in [-0.25, -0.2) is 4.79 Å². The Bertz CT molecular complexity index is 838. The molecule has 2 aromatic carbocycles. The molecule has 0 bridgehead atoms. The topological polar surface area (TPSA) is 116 Å². The third kappa shape index (κ3) is 4.85. The molecule has 0 unspecified atom stereocenters. The summed E-state index contributed by atoms with van der Waals surface area (Å²) in [6.07, 6.45) is 0. The number of esters is 1. The summed E-state index contributed by atoms with van der Waals surface area (Å²) < 4.78 is 4.73. The number of nitrogens with one attached hydrogen (secondary N) is 1. The number of nitrogens with zero attached hydrogens (tertiary/aromatic N) is 1. The summed E-state index contributed by atoms with van der Waals surface area (Å²) in [6.45, 7) is -0.740. The molecule has 0 radical (unpaired) electrons. The molecule has 0 aliphatic carbocycles. The van der Waals surface area contributed by atoms with Crippen molar-refractivity contribution in [3.8, 4) is 0 Å². The largest absolute Gasteiger partial charge is 0.452 e. The molecular formula is C16H11ClN2O6. The Morgan fingerprint density at radius 3 is 2.44 bits per heavy atom. The molecule has 0 aromatic heterocycles. The van der Waals surface area contributed by atoms with Gasteiger partial charge in [-0.1, -0.05) is 29.8 Å². The molecule has 2 aromatic rings. The summed E-state index contributed by atoms with van der Waals surface area (Å²) in [6, 6.07) is 11.2. The number of ether oxygens (including phenoxy) is 1. The zero-order chi connectivity index (χ0) is 18.4. The van der Waals surface area contributed by atoms with E-state index in [4.69, 9.17) is 16.3 Å². The van der Waals surface area contributed by atoms with Gasteiger partial charge >= 0.3 is 5.97 Å². The van der Waals surface area contributed by atoms with Gasteiger partial charge in [0.2, 0.25) is 0 Å².